The highest BCUT2D eigenvalue weighted by atomic mass is 16.5. The maximum absolute atomic E-state index is 11.7. The minimum absolute atomic E-state index is 0.0125. The van der Waals surface area contributed by atoms with Crippen molar-refractivity contribution in [2.24, 2.45) is 0 Å². The Bertz CT molecular complexity index is 515. The van der Waals surface area contributed by atoms with E-state index in [0.29, 0.717) is 5.69 Å². The van der Waals surface area contributed by atoms with Crippen LogP contribution in [-0.4, -0.2) is 35.7 Å². The molecule has 21 heavy (non-hydrogen) atoms. The maximum atomic E-state index is 11.7. The molecule has 3 N–H and O–H groups in total. The number of para-hydroxylation sites is 1. The number of nitrogens with one attached hydrogen (secondary N) is 2. The Kier molecular flexibility index (Phi) is 6.46. The fourth-order valence-corrected chi connectivity index (χ4v) is 1.42. The van der Waals surface area contributed by atoms with E-state index < -0.39 is 30.4 Å². The topological polar surface area (TPSA) is 105 Å². The summed E-state index contributed by atoms with van der Waals surface area (Å²) in [5.41, 5.74) is 0.508. The van der Waals surface area contributed by atoms with Gasteiger partial charge >= 0.3 is 18.0 Å². The van der Waals surface area contributed by atoms with Crippen LogP contribution in [0.25, 0.3) is 0 Å². The van der Waals surface area contributed by atoms with Crippen LogP contribution in [0.4, 0.5) is 10.5 Å². The smallest absolute Gasteiger partial charge is 0.326 e. The monoisotopic (exact) mass is 292 g/mol. The van der Waals surface area contributed by atoms with E-state index >= 15 is 0 Å². The summed E-state index contributed by atoms with van der Waals surface area (Å²) in [6.45, 7) is 3.36. The van der Waals surface area contributed by atoms with E-state index in [1.54, 1.807) is 30.3 Å². The number of aliphatic carboxylic acids is 1. The predicted molar refractivity (Wildman–Crippen MR) is 75.8 cm³/mol. The largest absolute Gasteiger partial charge is 0.480 e. The van der Waals surface area contributed by atoms with E-state index in [4.69, 9.17) is 5.11 Å². The van der Waals surface area contributed by atoms with Gasteiger partial charge in [-0.05, 0) is 12.1 Å². The Morgan fingerprint density at radius 2 is 1.95 bits per heavy atom. The van der Waals surface area contributed by atoms with Gasteiger partial charge in [-0.2, -0.15) is 0 Å². The quantitative estimate of drug-likeness (QED) is 0.520. The Morgan fingerprint density at radius 3 is 2.52 bits per heavy atom. The van der Waals surface area contributed by atoms with Gasteiger partial charge in [0.2, 0.25) is 0 Å². The van der Waals surface area contributed by atoms with Gasteiger partial charge in [-0.1, -0.05) is 30.9 Å². The molecule has 0 spiro atoms. The van der Waals surface area contributed by atoms with Crippen LogP contribution in [0.1, 0.15) is 6.42 Å². The first kappa shape index (κ1) is 16.2. The average Bonchev–Trinajstić information content (AvgIpc) is 2.45. The number of esters is 1. The number of carbonyl (C=O) groups is 3. The molecule has 0 aliphatic rings. The molecule has 7 heteroatoms. The number of carboxylic acid groups (broad SMARTS) is 1. The van der Waals surface area contributed by atoms with E-state index in [-0.39, 0.29) is 6.61 Å². The first-order valence-electron chi connectivity index (χ1n) is 6.15. The standard InChI is InChI=1S/C14H16N2O5/c1-2-8-21-12(17)9-11(13(18)19)16-14(20)15-10-6-4-3-5-7-10/h2-7,11H,1,8-9H2,(H,18,19)(H2,15,16,20)/t11-/m1/s1. The SMILES string of the molecule is C=CCOC(=O)C[C@@H](NC(=O)Nc1ccccc1)C(=O)O. The summed E-state index contributed by atoms with van der Waals surface area (Å²) in [5.74, 6) is -2.06. The third-order valence-electron chi connectivity index (χ3n) is 2.37. The molecule has 1 aromatic carbocycles. The third kappa shape index (κ3) is 6.24. The van der Waals surface area contributed by atoms with Crippen molar-refractivity contribution in [2.75, 3.05) is 11.9 Å². The van der Waals surface area contributed by atoms with Crippen LogP contribution in [-0.2, 0) is 14.3 Å². The normalized spacial score (nSPS) is 11.0. The summed E-state index contributed by atoms with van der Waals surface area (Å²) < 4.78 is 4.68. The Morgan fingerprint density at radius 1 is 1.29 bits per heavy atom. The molecule has 0 aromatic heterocycles. The van der Waals surface area contributed by atoms with Gasteiger partial charge in [0.1, 0.15) is 12.6 Å². The van der Waals surface area contributed by atoms with Crippen LogP contribution in [0.3, 0.4) is 0 Å². The highest BCUT2D eigenvalue weighted by Crippen LogP contribution is 2.05. The molecule has 0 saturated carbocycles. The van der Waals surface area contributed by atoms with E-state index in [1.165, 1.54) is 6.08 Å². The number of amides is 2. The highest BCUT2D eigenvalue weighted by Gasteiger charge is 2.24. The maximum Gasteiger partial charge on any atom is 0.326 e. The van der Waals surface area contributed by atoms with Gasteiger partial charge in [-0.25, -0.2) is 9.59 Å². The molecule has 1 rings (SSSR count). The minimum Gasteiger partial charge on any atom is -0.480 e. The molecule has 1 aromatic rings. The lowest BCUT2D eigenvalue weighted by molar-refractivity contribution is -0.148. The average molecular weight is 292 g/mol. The van der Waals surface area contributed by atoms with Crippen molar-refractivity contribution in [1.29, 1.82) is 0 Å². The van der Waals surface area contributed by atoms with Crippen molar-refractivity contribution in [3.05, 3.63) is 43.0 Å². The second kappa shape index (κ2) is 8.36. The van der Waals surface area contributed by atoms with Crippen molar-refractivity contribution in [2.45, 2.75) is 12.5 Å². The third-order valence-corrected chi connectivity index (χ3v) is 2.37. The Balaban J connectivity index is 2.53. The van der Waals surface area contributed by atoms with Gasteiger partial charge in [0, 0.05) is 5.69 Å². The molecule has 0 fully saturated rings. The van der Waals surface area contributed by atoms with Crippen LogP contribution in [0.5, 0.6) is 0 Å². The highest BCUT2D eigenvalue weighted by molar-refractivity contribution is 5.93. The minimum atomic E-state index is -1.37. The molecule has 0 aliphatic carbocycles. The molecule has 0 radical (unpaired) electrons. The molecule has 0 unspecified atom stereocenters. The zero-order valence-electron chi connectivity index (χ0n) is 11.2. The van der Waals surface area contributed by atoms with E-state index in [1.807, 2.05) is 0 Å². The number of ether oxygens (including phenoxy) is 1. The van der Waals surface area contributed by atoms with Gasteiger partial charge in [-0.3, -0.25) is 4.79 Å². The predicted octanol–water partition coefficient (Wildman–Crippen LogP) is 1.38. The first-order chi connectivity index (χ1) is 10.0. The van der Waals surface area contributed by atoms with Gasteiger partial charge in [0.25, 0.3) is 0 Å². The van der Waals surface area contributed by atoms with Crippen molar-refractivity contribution in [3.63, 3.8) is 0 Å². The van der Waals surface area contributed by atoms with Crippen LogP contribution in [0, 0.1) is 0 Å². The van der Waals surface area contributed by atoms with Gasteiger partial charge in [0.05, 0.1) is 6.42 Å². The number of hydrogen-bond donors (Lipinski definition) is 3. The van der Waals surface area contributed by atoms with Crippen molar-refractivity contribution < 1.29 is 24.2 Å². The fraction of sp³-hybridized carbons (Fsp3) is 0.214. The molecule has 112 valence electrons. The molecule has 1 atom stereocenters. The number of urea groups is 1. The van der Waals surface area contributed by atoms with Gasteiger partial charge < -0.3 is 20.5 Å². The molecule has 0 heterocycles. The summed E-state index contributed by atoms with van der Waals surface area (Å²) >= 11 is 0. The summed E-state index contributed by atoms with van der Waals surface area (Å²) in [6.07, 6.45) is 0.897. The number of carboxylic acids is 1. The second-order valence-corrected chi connectivity index (χ2v) is 4.03. The van der Waals surface area contributed by atoms with Gasteiger partial charge in [-0.15, -0.1) is 0 Å². The number of benzene rings is 1. The zero-order chi connectivity index (χ0) is 15.7. The molecule has 0 aliphatic heterocycles. The van der Waals surface area contributed by atoms with Crippen LogP contribution in [0.2, 0.25) is 0 Å². The summed E-state index contributed by atoms with van der Waals surface area (Å²) in [7, 11) is 0. The summed E-state index contributed by atoms with van der Waals surface area (Å²) in [5, 5.41) is 13.7. The number of carbonyl (C=O) groups excluding carboxylic acids is 2. The summed E-state index contributed by atoms with van der Waals surface area (Å²) in [6, 6.07) is 6.42. The molecule has 2 amide bonds. The molecule has 0 bridgehead atoms. The van der Waals surface area contributed by atoms with Crippen LogP contribution >= 0.6 is 0 Å². The van der Waals surface area contributed by atoms with E-state index in [2.05, 4.69) is 21.9 Å². The van der Waals surface area contributed by atoms with Crippen LogP contribution < -0.4 is 10.6 Å². The molecule has 7 nitrogen and oxygen atoms in total. The van der Waals surface area contributed by atoms with Crippen LogP contribution in [0.15, 0.2) is 43.0 Å². The van der Waals surface area contributed by atoms with Gasteiger partial charge in [0.15, 0.2) is 0 Å². The Hall–Kier alpha value is -2.83. The van der Waals surface area contributed by atoms with E-state index in [0.717, 1.165) is 0 Å². The second-order valence-electron chi connectivity index (χ2n) is 4.03. The molecular formula is C14H16N2O5. The molecular weight excluding hydrogens is 276 g/mol. The number of rotatable bonds is 7. The lowest BCUT2D eigenvalue weighted by atomic mass is 10.2. The first-order valence-corrected chi connectivity index (χ1v) is 6.15. The van der Waals surface area contributed by atoms with Crippen molar-refractivity contribution in [1.82, 2.24) is 5.32 Å². The number of hydrogen-bond acceptors (Lipinski definition) is 4. The van der Waals surface area contributed by atoms with Crippen molar-refractivity contribution >= 4 is 23.7 Å². The van der Waals surface area contributed by atoms with Crippen molar-refractivity contribution in [3.8, 4) is 0 Å². The lowest BCUT2D eigenvalue weighted by Gasteiger charge is -2.14. The molecule has 0 saturated heterocycles. The van der Waals surface area contributed by atoms with E-state index in [9.17, 15) is 14.4 Å². The summed E-state index contributed by atoms with van der Waals surface area (Å²) in [4.78, 5) is 34.0. The zero-order valence-corrected chi connectivity index (χ0v) is 11.2. The number of anilines is 1. The lowest BCUT2D eigenvalue weighted by Crippen LogP contribution is -2.44. The fourth-order valence-electron chi connectivity index (χ4n) is 1.42. The Labute approximate surface area is 121 Å².